The first-order valence-corrected chi connectivity index (χ1v) is 8.61. The third-order valence-electron chi connectivity index (χ3n) is 4.56. The Morgan fingerprint density at radius 1 is 1.23 bits per heavy atom. The molecule has 1 aliphatic heterocycles. The van der Waals surface area contributed by atoms with Crippen LogP contribution >= 0.6 is 0 Å². The van der Waals surface area contributed by atoms with Gasteiger partial charge in [0.1, 0.15) is 17.4 Å². The first-order valence-electron chi connectivity index (χ1n) is 8.61. The van der Waals surface area contributed by atoms with E-state index < -0.39 is 0 Å². The van der Waals surface area contributed by atoms with E-state index in [-0.39, 0.29) is 12.8 Å². The molecule has 3 heterocycles. The number of pyridine rings is 1. The summed E-state index contributed by atoms with van der Waals surface area (Å²) in [4.78, 5) is 11.0. The topological polar surface area (TPSA) is 75.4 Å². The minimum absolute atomic E-state index is 0.0832. The van der Waals surface area contributed by atoms with Crippen molar-refractivity contribution in [3.63, 3.8) is 0 Å². The molecular formula is C19H21N5O2. The fourth-order valence-corrected chi connectivity index (χ4v) is 3.12. The zero-order chi connectivity index (χ0) is 18.1. The number of nitrogens with zero attached hydrogens (tertiary/aromatic N) is 4. The summed E-state index contributed by atoms with van der Waals surface area (Å²) in [7, 11) is 1.85. The molecule has 2 N–H and O–H groups in total. The molecule has 7 nitrogen and oxygen atoms in total. The fourth-order valence-electron chi connectivity index (χ4n) is 3.12. The van der Waals surface area contributed by atoms with E-state index in [1.807, 2.05) is 43.7 Å². The van der Waals surface area contributed by atoms with Gasteiger partial charge in [-0.1, -0.05) is 6.92 Å². The Morgan fingerprint density at radius 3 is 2.77 bits per heavy atom. The van der Waals surface area contributed by atoms with Crippen molar-refractivity contribution >= 4 is 16.9 Å². The zero-order valence-electron chi connectivity index (χ0n) is 14.8. The second-order valence-corrected chi connectivity index (χ2v) is 6.16. The second-order valence-electron chi connectivity index (χ2n) is 6.16. The molecule has 1 aliphatic rings. The lowest BCUT2D eigenvalue weighted by Crippen LogP contribution is -2.34. The minimum Gasteiger partial charge on any atom is -0.425 e. The van der Waals surface area contributed by atoms with Crippen LogP contribution in [0.1, 0.15) is 18.9 Å². The number of aliphatic hydroxyl groups excluding tert-OH is 1. The highest BCUT2D eigenvalue weighted by Gasteiger charge is 2.18. The molecule has 0 bridgehead atoms. The van der Waals surface area contributed by atoms with Crippen LogP contribution in [0.4, 0.5) is 5.69 Å². The molecule has 26 heavy (non-hydrogen) atoms. The Labute approximate surface area is 151 Å². The quantitative estimate of drug-likeness (QED) is 0.736. The van der Waals surface area contributed by atoms with Gasteiger partial charge in [-0.15, -0.1) is 0 Å². The number of aliphatic hydroxyl groups is 1. The van der Waals surface area contributed by atoms with Crippen molar-refractivity contribution in [3.05, 3.63) is 54.5 Å². The molecule has 0 saturated heterocycles. The van der Waals surface area contributed by atoms with Gasteiger partial charge < -0.3 is 20.1 Å². The number of anilines is 1. The highest BCUT2D eigenvalue weighted by atomic mass is 16.5. The second kappa shape index (κ2) is 6.68. The summed E-state index contributed by atoms with van der Waals surface area (Å²) in [5, 5.41) is 12.8. The Bertz CT molecular complexity index is 948. The highest BCUT2D eigenvalue weighted by molar-refractivity contribution is 5.76. The van der Waals surface area contributed by atoms with Crippen LogP contribution in [0.5, 0.6) is 11.8 Å². The third-order valence-corrected chi connectivity index (χ3v) is 4.56. The molecular weight excluding hydrogens is 330 g/mol. The van der Waals surface area contributed by atoms with Crippen LogP contribution in [0.15, 0.2) is 48.9 Å². The maximum absolute atomic E-state index is 9.47. The van der Waals surface area contributed by atoms with Gasteiger partial charge in [-0.3, -0.25) is 4.57 Å². The van der Waals surface area contributed by atoms with Gasteiger partial charge >= 0.3 is 6.01 Å². The van der Waals surface area contributed by atoms with Gasteiger partial charge in [-0.2, -0.15) is 4.98 Å². The summed E-state index contributed by atoms with van der Waals surface area (Å²) in [5.41, 5.74) is 3.17. The van der Waals surface area contributed by atoms with Crippen LogP contribution in [0.25, 0.3) is 11.2 Å². The minimum atomic E-state index is -0.0832. The lowest BCUT2D eigenvalue weighted by molar-refractivity contribution is 0.283. The summed E-state index contributed by atoms with van der Waals surface area (Å²) in [6.07, 6.45) is 6.95. The van der Waals surface area contributed by atoms with Gasteiger partial charge in [0.15, 0.2) is 5.65 Å². The third kappa shape index (κ3) is 2.76. The van der Waals surface area contributed by atoms with E-state index in [1.54, 1.807) is 16.8 Å². The number of aryl methyl sites for hydroxylation is 1. The summed E-state index contributed by atoms with van der Waals surface area (Å²) >= 11 is 0. The Morgan fingerprint density at radius 2 is 2.04 bits per heavy atom. The predicted molar refractivity (Wildman–Crippen MR) is 99.8 cm³/mol. The Kier molecular flexibility index (Phi) is 4.22. The van der Waals surface area contributed by atoms with Crippen molar-refractivity contribution in [2.24, 2.45) is 7.05 Å². The van der Waals surface area contributed by atoms with E-state index in [0.717, 1.165) is 17.7 Å². The first kappa shape index (κ1) is 16.4. The number of hydrogen-bond donors (Lipinski definition) is 2. The number of imidazole rings is 1. The van der Waals surface area contributed by atoms with Crippen LogP contribution in [0.3, 0.4) is 0 Å². The van der Waals surface area contributed by atoms with Gasteiger partial charge in [0.2, 0.25) is 0 Å². The summed E-state index contributed by atoms with van der Waals surface area (Å²) < 4.78 is 7.72. The van der Waals surface area contributed by atoms with Gasteiger partial charge in [0.25, 0.3) is 0 Å². The van der Waals surface area contributed by atoms with Crippen LogP contribution in [-0.4, -0.2) is 25.8 Å². The van der Waals surface area contributed by atoms with Gasteiger partial charge in [0.05, 0.1) is 6.61 Å². The van der Waals surface area contributed by atoms with Crippen molar-refractivity contribution < 1.29 is 9.84 Å². The average molecular weight is 351 g/mol. The lowest BCUT2D eigenvalue weighted by atomic mass is 10.2. The number of aromatic nitrogens is 3. The molecule has 2 aromatic heterocycles. The van der Waals surface area contributed by atoms with Crippen molar-refractivity contribution in [2.75, 3.05) is 4.90 Å². The van der Waals surface area contributed by atoms with E-state index >= 15 is 0 Å². The largest absolute Gasteiger partial charge is 0.425 e. The normalized spacial score (nSPS) is 16.3. The Hall–Kier alpha value is -3.06. The molecule has 134 valence electrons. The molecule has 0 amide bonds. The number of hydrogen-bond acceptors (Lipinski definition) is 6. The first-order chi connectivity index (χ1) is 12.7. The average Bonchev–Trinajstić information content (AvgIpc) is 3.27. The maximum Gasteiger partial charge on any atom is 0.303 e. The molecule has 0 saturated carbocycles. The van der Waals surface area contributed by atoms with Gasteiger partial charge in [0, 0.05) is 36.9 Å². The van der Waals surface area contributed by atoms with E-state index in [4.69, 9.17) is 4.74 Å². The Balaban J connectivity index is 1.59. The van der Waals surface area contributed by atoms with Crippen molar-refractivity contribution in [2.45, 2.75) is 26.1 Å². The molecule has 7 heteroatoms. The number of fused-ring (bicyclic) bond motifs is 1. The summed E-state index contributed by atoms with van der Waals surface area (Å²) in [6, 6.07) is 10.1. The standard InChI is InChI=1S/C19H21N5O2/c1-3-16-20-10-11-24(16)14-4-6-15(7-5-14)26-19-22-17-13(12-25)8-9-21-18(17)23(19)2/h4-11,16,20,25H,3,12H2,1-2H3. The van der Waals surface area contributed by atoms with Gasteiger partial charge in [-0.05, 0) is 36.8 Å². The molecule has 1 unspecified atom stereocenters. The van der Waals surface area contributed by atoms with Crippen LogP contribution in [0, 0.1) is 0 Å². The van der Waals surface area contributed by atoms with E-state index in [2.05, 4.69) is 27.1 Å². The zero-order valence-corrected chi connectivity index (χ0v) is 14.8. The predicted octanol–water partition coefficient (Wildman–Crippen LogP) is 2.87. The molecule has 0 spiro atoms. The number of ether oxygens (including phenoxy) is 1. The maximum atomic E-state index is 9.47. The lowest BCUT2D eigenvalue weighted by Gasteiger charge is -2.24. The van der Waals surface area contributed by atoms with Crippen molar-refractivity contribution in [3.8, 4) is 11.8 Å². The molecule has 1 atom stereocenters. The van der Waals surface area contributed by atoms with Crippen molar-refractivity contribution in [1.29, 1.82) is 0 Å². The SMILES string of the molecule is CCC1NC=CN1c1ccc(Oc2nc3c(CO)ccnc3n2C)cc1. The van der Waals surface area contributed by atoms with Crippen molar-refractivity contribution in [1.82, 2.24) is 19.9 Å². The molecule has 0 aliphatic carbocycles. The number of nitrogens with one attached hydrogen (secondary N) is 1. The van der Waals surface area contributed by atoms with Gasteiger partial charge in [-0.25, -0.2) is 4.98 Å². The monoisotopic (exact) mass is 351 g/mol. The van der Waals surface area contributed by atoms with Crippen LogP contribution in [0.2, 0.25) is 0 Å². The summed E-state index contributed by atoms with van der Waals surface area (Å²) in [6.45, 7) is 2.07. The molecule has 3 aromatic rings. The molecule has 0 radical (unpaired) electrons. The smallest absolute Gasteiger partial charge is 0.303 e. The van der Waals surface area contributed by atoms with E-state index in [0.29, 0.717) is 22.9 Å². The van der Waals surface area contributed by atoms with Crippen LogP contribution < -0.4 is 15.0 Å². The van der Waals surface area contributed by atoms with E-state index in [9.17, 15) is 5.11 Å². The number of benzene rings is 1. The molecule has 0 fully saturated rings. The van der Waals surface area contributed by atoms with E-state index in [1.165, 1.54) is 0 Å². The summed E-state index contributed by atoms with van der Waals surface area (Å²) in [5.74, 6) is 0.696. The number of rotatable bonds is 5. The molecule has 4 rings (SSSR count). The van der Waals surface area contributed by atoms with Crippen LogP contribution in [-0.2, 0) is 13.7 Å². The fraction of sp³-hybridized carbons (Fsp3) is 0.263. The highest BCUT2D eigenvalue weighted by Crippen LogP contribution is 2.28. The molecule has 1 aromatic carbocycles.